The Morgan fingerprint density at radius 3 is 2.35 bits per heavy atom. The molecular formula is C15H12O2. The molecule has 1 unspecified atom stereocenters. The van der Waals surface area contributed by atoms with Gasteiger partial charge >= 0.3 is 5.97 Å². The topological polar surface area (TPSA) is 26.3 Å². The van der Waals surface area contributed by atoms with E-state index < -0.39 is 5.60 Å². The molecule has 1 heterocycles. The molecule has 2 heteroatoms. The lowest BCUT2D eigenvalue weighted by Crippen LogP contribution is -2.23. The van der Waals surface area contributed by atoms with Crippen LogP contribution in [0.5, 0.6) is 0 Å². The number of hydrogen-bond donors (Lipinski definition) is 0. The summed E-state index contributed by atoms with van der Waals surface area (Å²) in [5, 5.41) is 0. The predicted octanol–water partition coefficient (Wildman–Crippen LogP) is 3.12. The number of hydrogen-bond acceptors (Lipinski definition) is 2. The van der Waals surface area contributed by atoms with E-state index >= 15 is 0 Å². The first kappa shape index (κ1) is 10.1. The second-order valence-corrected chi connectivity index (χ2v) is 4.33. The molecule has 0 aliphatic carbocycles. The largest absolute Gasteiger partial charge is 0.446 e. The van der Waals surface area contributed by atoms with Gasteiger partial charge in [0.05, 0.1) is 5.56 Å². The van der Waals surface area contributed by atoms with Gasteiger partial charge in [-0.15, -0.1) is 0 Å². The lowest BCUT2D eigenvalue weighted by molar-refractivity contribution is 0.0180. The van der Waals surface area contributed by atoms with Crippen LogP contribution in [0.15, 0.2) is 54.6 Å². The van der Waals surface area contributed by atoms with Gasteiger partial charge < -0.3 is 4.74 Å². The molecule has 84 valence electrons. The van der Waals surface area contributed by atoms with Crippen molar-refractivity contribution in [2.45, 2.75) is 12.5 Å². The minimum atomic E-state index is -0.658. The standard InChI is InChI=1S/C15H12O2/c1-15(11-7-3-2-4-8-11)13-10-6-5-9-12(13)14(16)17-15/h2-10H,1H3. The van der Waals surface area contributed by atoms with E-state index in [0.717, 1.165) is 11.1 Å². The molecule has 2 nitrogen and oxygen atoms in total. The fraction of sp³-hybridized carbons (Fsp3) is 0.133. The van der Waals surface area contributed by atoms with Crippen molar-refractivity contribution in [1.82, 2.24) is 0 Å². The van der Waals surface area contributed by atoms with Crippen molar-refractivity contribution in [2.24, 2.45) is 0 Å². The Hall–Kier alpha value is -2.09. The Bertz CT molecular complexity index is 574. The number of ether oxygens (including phenoxy) is 1. The molecule has 0 aromatic heterocycles. The quantitative estimate of drug-likeness (QED) is 0.696. The first-order chi connectivity index (χ1) is 8.22. The van der Waals surface area contributed by atoms with Crippen LogP contribution >= 0.6 is 0 Å². The average Bonchev–Trinajstić information content (AvgIpc) is 2.65. The summed E-state index contributed by atoms with van der Waals surface area (Å²) in [6, 6.07) is 17.4. The van der Waals surface area contributed by atoms with Gasteiger partial charge in [-0.1, -0.05) is 48.5 Å². The molecule has 0 saturated carbocycles. The van der Waals surface area contributed by atoms with Gasteiger partial charge in [0.1, 0.15) is 0 Å². The first-order valence-electron chi connectivity index (χ1n) is 5.60. The molecular weight excluding hydrogens is 212 g/mol. The molecule has 1 atom stereocenters. The molecule has 0 fully saturated rings. The van der Waals surface area contributed by atoms with Gasteiger partial charge in [-0.3, -0.25) is 0 Å². The van der Waals surface area contributed by atoms with Crippen molar-refractivity contribution >= 4 is 5.97 Å². The number of carbonyl (C=O) groups is 1. The van der Waals surface area contributed by atoms with Crippen molar-refractivity contribution in [3.8, 4) is 0 Å². The molecule has 2 aromatic carbocycles. The summed E-state index contributed by atoms with van der Waals surface area (Å²) in [4.78, 5) is 11.8. The van der Waals surface area contributed by atoms with Crippen molar-refractivity contribution in [3.05, 3.63) is 71.3 Å². The molecule has 1 aliphatic rings. The van der Waals surface area contributed by atoms with E-state index in [-0.39, 0.29) is 5.97 Å². The van der Waals surface area contributed by atoms with Gasteiger partial charge in [-0.05, 0) is 18.6 Å². The fourth-order valence-corrected chi connectivity index (χ4v) is 2.34. The fourth-order valence-electron chi connectivity index (χ4n) is 2.34. The zero-order valence-electron chi connectivity index (χ0n) is 9.51. The number of rotatable bonds is 1. The molecule has 0 spiro atoms. The van der Waals surface area contributed by atoms with Crippen molar-refractivity contribution in [1.29, 1.82) is 0 Å². The van der Waals surface area contributed by atoms with Crippen LogP contribution in [0.25, 0.3) is 0 Å². The number of fused-ring (bicyclic) bond motifs is 1. The van der Waals surface area contributed by atoms with Crippen LogP contribution in [0.4, 0.5) is 0 Å². The van der Waals surface area contributed by atoms with Gasteiger partial charge in [0.2, 0.25) is 0 Å². The SMILES string of the molecule is CC1(c2ccccc2)OC(=O)c2ccccc21. The van der Waals surface area contributed by atoms with E-state index in [2.05, 4.69) is 0 Å². The molecule has 1 aliphatic heterocycles. The third-order valence-electron chi connectivity index (χ3n) is 3.28. The van der Waals surface area contributed by atoms with E-state index in [4.69, 9.17) is 4.74 Å². The van der Waals surface area contributed by atoms with Crippen molar-refractivity contribution in [2.75, 3.05) is 0 Å². The summed E-state index contributed by atoms with van der Waals surface area (Å²) >= 11 is 0. The average molecular weight is 224 g/mol. The van der Waals surface area contributed by atoms with Gasteiger partial charge in [0.25, 0.3) is 0 Å². The molecule has 0 bridgehead atoms. The summed E-state index contributed by atoms with van der Waals surface area (Å²) < 4.78 is 5.57. The van der Waals surface area contributed by atoms with Crippen molar-refractivity contribution < 1.29 is 9.53 Å². The highest BCUT2D eigenvalue weighted by Crippen LogP contribution is 2.41. The molecule has 3 rings (SSSR count). The smallest absolute Gasteiger partial charge is 0.339 e. The maximum absolute atomic E-state index is 11.8. The first-order valence-corrected chi connectivity index (χ1v) is 5.60. The second-order valence-electron chi connectivity index (χ2n) is 4.33. The molecule has 0 N–H and O–H groups in total. The maximum Gasteiger partial charge on any atom is 0.339 e. The van der Waals surface area contributed by atoms with Crippen LogP contribution in [0, 0.1) is 0 Å². The Morgan fingerprint density at radius 1 is 0.941 bits per heavy atom. The van der Waals surface area contributed by atoms with Crippen LogP contribution < -0.4 is 0 Å². The highest BCUT2D eigenvalue weighted by atomic mass is 16.6. The van der Waals surface area contributed by atoms with Gasteiger partial charge in [0.15, 0.2) is 5.60 Å². The number of esters is 1. The Morgan fingerprint density at radius 2 is 1.59 bits per heavy atom. The summed E-state index contributed by atoms with van der Waals surface area (Å²) in [5.74, 6) is -0.244. The lowest BCUT2D eigenvalue weighted by atomic mass is 9.87. The molecule has 0 saturated heterocycles. The highest BCUT2D eigenvalue weighted by Gasteiger charge is 2.42. The van der Waals surface area contributed by atoms with Crippen LogP contribution in [0.1, 0.15) is 28.4 Å². The van der Waals surface area contributed by atoms with Crippen molar-refractivity contribution in [3.63, 3.8) is 0 Å². The molecule has 2 aromatic rings. The van der Waals surface area contributed by atoms with Crippen LogP contribution in [0.2, 0.25) is 0 Å². The van der Waals surface area contributed by atoms with Crippen LogP contribution in [-0.2, 0) is 10.3 Å². The summed E-state index contributed by atoms with van der Waals surface area (Å²) in [6.07, 6.45) is 0. The highest BCUT2D eigenvalue weighted by molar-refractivity contribution is 5.95. The van der Waals surface area contributed by atoms with Gasteiger partial charge in [-0.25, -0.2) is 4.79 Å². The number of cyclic esters (lactones) is 1. The Balaban J connectivity index is 2.21. The predicted molar refractivity (Wildman–Crippen MR) is 64.8 cm³/mol. The molecule has 17 heavy (non-hydrogen) atoms. The summed E-state index contributed by atoms with van der Waals surface area (Å²) in [5.41, 5.74) is 1.95. The van der Waals surface area contributed by atoms with E-state index in [1.807, 2.05) is 61.5 Å². The second kappa shape index (κ2) is 3.45. The molecule has 0 amide bonds. The monoisotopic (exact) mass is 224 g/mol. The van der Waals surface area contributed by atoms with E-state index in [1.54, 1.807) is 0 Å². The lowest BCUT2D eigenvalue weighted by Gasteiger charge is -2.24. The summed E-state index contributed by atoms with van der Waals surface area (Å²) in [7, 11) is 0. The summed E-state index contributed by atoms with van der Waals surface area (Å²) in [6.45, 7) is 1.94. The third-order valence-corrected chi connectivity index (χ3v) is 3.28. The minimum absolute atomic E-state index is 0.244. The minimum Gasteiger partial charge on any atom is -0.446 e. The number of carbonyl (C=O) groups excluding carboxylic acids is 1. The van der Waals surface area contributed by atoms with Crippen LogP contribution in [0.3, 0.4) is 0 Å². The van der Waals surface area contributed by atoms with Gasteiger partial charge in [0, 0.05) is 5.56 Å². The maximum atomic E-state index is 11.8. The van der Waals surface area contributed by atoms with E-state index in [1.165, 1.54) is 0 Å². The van der Waals surface area contributed by atoms with Crippen LogP contribution in [-0.4, -0.2) is 5.97 Å². The van der Waals surface area contributed by atoms with Gasteiger partial charge in [-0.2, -0.15) is 0 Å². The number of benzene rings is 2. The zero-order valence-corrected chi connectivity index (χ0v) is 9.51. The third kappa shape index (κ3) is 1.37. The Labute approximate surface area is 99.9 Å². The Kier molecular flexibility index (Phi) is 2.05. The zero-order chi connectivity index (χ0) is 11.9. The normalized spacial score (nSPS) is 22.1. The molecule has 0 radical (unpaired) electrons. The van der Waals surface area contributed by atoms with E-state index in [9.17, 15) is 4.79 Å². The van der Waals surface area contributed by atoms with E-state index in [0.29, 0.717) is 5.56 Å².